The lowest BCUT2D eigenvalue weighted by atomic mass is 10.1. The van der Waals surface area contributed by atoms with Crippen molar-refractivity contribution in [1.82, 2.24) is 10.6 Å². The molecular weight excluding hydrogens is 304 g/mol. The zero-order valence-corrected chi connectivity index (χ0v) is 12.9. The molecule has 0 bridgehead atoms. The summed E-state index contributed by atoms with van der Waals surface area (Å²) in [6, 6.07) is 8.76. The zero-order valence-electron chi connectivity index (χ0n) is 11.3. The molecule has 0 aromatic heterocycles. The average Bonchev–Trinajstić information content (AvgIpc) is 2.89. The van der Waals surface area contributed by atoms with E-state index in [1.54, 1.807) is 0 Å². The van der Waals surface area contributed by atoms with Crippen LogP contribution in [0.2, 0.25) is 0 Å². The second-order valence-electron chi connectivity index (χ2n) is 5.20. The third-order valence-electron chi connectivity index (χ3n) is 3.66. The fraction of sp³-hybridized carbons (Fsp3) is 0.533. The Labute approximate surface area is 123 Å². The van der Waals surface area contributed by atoms with E-state index in [0.29, 0.717) is 12.6 Å². The van der Waals surface area contributed by atoms with Crippen molar-refractivity contribution in [2.24, 2.45) is 0 Å². The molecule has 1 aromatic carbocycles. The molecule has 1 saturated carbocycles. The molecule has 0 heterocycles. The Bertz CT molecular complexity index is 413. The topological polar surface area (TPSA) is 41.1 Å². The second kappa shape index (κ2) is 7.06. The molecule has 0 spiro atoms. The summed E-state index contributed by atoms with van der Waals surface area (Å²) in [5, 5.41) is 6.35. The Hall–Kier alpha value is -0.870. The smallest absolute Gasteiger partial charge is 0.234 e. The molecule has 1 aliphatic rings. The minimum Gasteiger partial charge on any atom is -0.352 e. The maximum Gasteiger partial charge on any atom is 0.234 e. The van der Waals surface area contributed by atoms with Crippen LogP contribution < -0.4 is 10.6 Å². The molecule has 0 aliphatic heterocycles. The number of carbonyl (C=O) groups is 1. The first kappa shape index (κ1) is 14.5. The van der Waals surface area contributed by atoms with Crippen LogP contribution in [-0.2, 0) is 4.79 Å². The standard InChI is InChI=1S/C15H21BrN2O/c1-11(12-6-8-13(16)9-7-12)17-10-15(19)18-14-4-2-3-5-14/h6-9,11,14,17H,2-5,10H2,1H3,(H,18,19)/t11-/m0/s1. The minimum absolute atomic E-state index is 0.107. The lowest BCUT2D eigenvalue weighted by molar-refractivity contribution is -0.121. The lowest BCUT2D eigenvalue weighted by Gasteiger charge is -2.16. The summed E-state index contributed by atoms with van der Waals surface area (Å²) in [6.45, 7) is 2.46. The van der Waals surface area contributed by atoms with Crippen molar-refractivity contribution in [2.75, 3.05) is 6.54 Å². The Morgan fingerprint density at radius 1 is 1.32 bits per heavy atom. The van der Waals surface area contributed by atoms with Crippen LogP contribution in [0.3, 0.4) is 0 Å². The Morgan fingerprint density at radius 2 is 1.95 bits per heavy atom. The molecule has 0 unspecified atom stereocenters. The van der Waals surface area contributed by atoms with Gasteiger partial charge in [0, 0.05) is 16.6 Å². The SMILES string of the molecule is C[C@H](NCC(=O)NC1CCCC1)c1ccc(Br)cc1. The Balaban J connectivity index is 1.74. The van der Waals surface area contributed by atoms with Crippen LogP contribution in [0, 0.1) is 0 Å². The average molecular weight is 325 g/mol. The van der Waals surface area contributed by atoms with Gasteiger partial charge in [0.2, 0.25) is 5.91 Å². The normalized spacial score (nSPS) is 17.4. The van der Waals surface area contributed by atoms with Gasteiger partial charge in [-0.05, 0) is 37.5 Å². The molecular formula is C15H21BrN2O. The van der Waals surface area contributed by atoms with Crippen LogP contribution in [0.25, 0.3) is 0 Å². The minimum atomic E-state index is 0.107. The predicted molar refractivity (Wildman–Crippen MR) is 81.0 cm³/mol. The summed E-state index contributed by atoms with van der Waals surface area (Å²) >= 11 is 3.42. The fourth-order valence-corrected chi connectivity index (χ4v) is 2.73. The van der Waals surface area contributed by atoms with E-state index in [9.17, 15) is 4.79 Å². The highest BCUT2D eigenvalue weighted by Crippen LogP contribution is 2.18. The number of amides is 1. The third-order valence-corrected chi connectivity index (χ3v) is 4.19. The number of hydrogen-bond acceptors (Lipinski definition) is 2. The summed E-state index contributed by atoms with van der Waals surface area (Å²) in [5.41, 5.74) is 1.19. The van der Waals surface area contributed by atoms with Gasteiger partial charge in [-0.3, -0.25) is 4.79 Å². The van der Waals surface area contributed by atoms with Gasteiger partial charge in [-0.1, -0.05) is 40.9 Å². The summed E-state index contributed by atoms with van der Waals surface area (Å²) in [6.07, 6.45) is 4.75. The largest absolute Gasteiger partial charge is 0.352 e. The lowest BCUT2D eigenvalue weighted by Crippen LogP contribution is -2.39. The van der Waals surface area contributed by atoms with Crippen molar-refractivity contribution in [1.29, 1.82) is 0 Å². The Morgan fingerprint density at radius 3 is 2.58 bits per heavy atom. The van der Waals surface area contributed by atoms with Crippen molar-refractivity contribution in [3.05, 3.63) is 34.3 Å². The van der Waals surface area contributed by atoms with Gasteiger partial charge in [0.15, 0.2) is 0 Å². The molecule has 2 N–H and O–H groups in total. The van der Waals surface area contributed by atoms with E-state index < -0.39 is 0 Å². The van der Waals surface area contributed by atoms with Crippen molar-refractivity contribution >= 4 is 21.8 Å². The van der Waals surface area contributed by atoms with Crippen LogP contribution >= 0.6 is 15.9 Å². The number of hydrogen-bond donors (Lipinski definition) is 2. The van der Waals surface area contributed by atoms with Crippen LogP contribution in [0.5, 0.6) is 0 Å². The van der Waals surface area contributed by atoms with E-state index >= 15 is 0 Å². The monoisotopic (exact) mass is 324 g/mol. The summed E-state index contributed by atoms with van der Waals surface area (Å²) in [7, 11) is 0. The first-order valence-electron chi connectivity index (χ1n) is 6.93. The molecule has 0 radical (unpaired) electrons. The first-order valence-corrected chi connectivity index (χ1v) is 7.72. The molecule has 0 saturated heterocycles. The van der Waals surface area contributed by atoms with Gasteiger partial charge in [-0.15, -0.1) is 0 Å². The molecule has 19 heavy (non-hydrogen) atoms. The zero-order chi connectivity index (χ0) is 13.7. The van der Waals surface area contributed by atoms with Crippen molar-refractivity contribution in [3.8, 4) is 0 Å². The van der Waals surface area contributed by atoms with Gasteiger partial charge in [0.1, 0.15) is 0 Å². The van der Waals surface area contributed by atoms with Gasteiger partial charge in [0.05, 0.1) is 6.54 Å². The van der Waals surface area contributed by atoms with Crippen molar-refractivity contribution in [2.45, 2.75) is 44.7 Å². The summed E-state index contributed by atoms with van der Waals surface area (Å²) in [5.74, 6) is 0.107. The molecule has 4 heteroatoms. The van der Waals surface area contributed by atoms with E-state index in [1.165, 1.54) is 18.4 Å². The number of carbonyl (C=O) groups excluding carboxylic acids is 1. The maximum atomic E-state index is 11.8. The molecule has 3 nitrogen and oxygen atoms in total. The first-order chi connectivity index (χ1) is 9.15. The molecule has 1 fully saturated rings. The maximum absolute atomic E-state index is 11.8. The molecule has 1 atom stereocenters. The number of nitrogens with one attached hydrogen (secondary N) is 2. The molecule has 104 valence electrons. The highest BCUT2D eigenvalue weighted by molar-refractivity contribution is 9.10. The van der Waals surface area contributed by atoms with E-state index in [4.69, 9.17) is 0 Å². The molecule has 2 rings (SSSR count). The van der Waals surface area contributed by atoms with Crippen LogP contribution in [0.15, 0.2) is 28.7 Å². The van der Waals surface area contributed by atoms with Crippen LogP contribution in [0.4, 0.5) is 0 Å². The number of rotatable bonds is 5. The van der Waals surface area contributed by atoms with E-state index in [0.717, 1.165) is 17.3 Å². The van der Waals surface area contributed by atoms with Gasteiger partial charge in [-0.25, -0.2) is 0 Å². The van der Waals surface area contributed by atoms with Crippen molar-refractivity contribution < 1.29 is 4.79 Å². The molecule has 1 aliphatic carbocycles. The molecule has 1 amide bonds. The summed E-state index contributed by atoms with van der Waals surface area (Å²) in [4.78, 5) is 11.8. The van der Waals surface area contributed by atoms with E-state index in [-0.39, 0.29) is 11.9 Å². The van der Waals surface area contributed by atoms with Gasteiger partial charge < -0.3 is 10.6 Å². The van der Waals surface area contributed by atoms with Gasteiger partial charge in [-0.2, -0.15) is 0 Å². The van der Waals surface area contributed by atoms with E-state index in [2.05, 4.69) is 45.6 Å². The van der Waals surface area contributed by atoms with Gasteiger partial charge >= 0.3 is 0 Å². The highest BCUT2D eigenvalue weighted by atomic mass is 79.9. The van der Waals surface area contributed by atoms with Crippen molar-refractivity contribution in [3.63, 3.8) is 0 Å². The summed E-state index contributed by atoms with van der Waals surface area (Å²) < 4.78 is 1.07. The third kappa shape index (κ3) is 4.62. The number of benzene rings is 1. The van der Waals surface area contributed by atoms with Gasteiger partial charge in [0.25, 0.3) is 0 Å². The Kier molecular flexibility index (Phi) is 5.40. The van der Waals surface area contributed by atoms with Crippen LogP contribution in [-0.4, -0.2) is 18.5 Å². The van der Waals surface area contributed by atoms with E-state index in [1.807, 2.05) is 12.1 Å². The highest BCUT2D eigenvalue weighted by Gasteiger charge is 2.17. The van der Waals surface area contributed by atoms with Crippen LogP contribution in [0.1, 0.15) is 44.2 Å². The number of halogens is 1. The second-order valence-corrected chi connectivity index (χ2v) is 6.12. The quantitative estimate of drug-likeness (QED) is 0.873. The predicted octanol–water partition coefficient (Wildman–Crippen LogP) is 3.16. The molecule has 1 aromatic rings. The fourth-order valence-electron chi connectivity index (χ4n) is 2.46.